The molecule has 0 radical (unpaired) electrons. The second-order valence-corrected chi connectivity index (χ2v) is 5.92. The molecule has 1 N–H and O–H groups in total. The minimum Gasteiger partial charge on any atom is -0.383 e. The highest BCUT2D eigenvalue weighted by molar-refractivity contribution is 7.10. The molecule has 3 rings (SSSR count). The first-order valence-electron chi connectivity index (χ1n) is 7.11. The number of hydrogen-bond acceptors (Lipinski definition) is 3. The molecule has 1 aromatic carbocycles. The highest BCUT2D eigenvalue weighted by Crippen LogP contribution is 2.28. The summed E-state index contributed by atoms with van der Waals surface area (Å²) in [5, 5.41) is 12.4. The highest BCUT2D eigenvalue weighted by Gasteiger charge is 2.16. The zero-order chi connectivity index (χ0) is 15.0. The zero-order valence-electron chi connectivity index (χ0n) is 12.1. The largest absolute Gasteiger partial charge is 0.383 e. The molecule has 110 valence electrons. The maximum atomic E-state index is 12.3. The number of aliphatic hydroxyl groups is 1. The van der Waals surface area contributed by atoms with Gasteiger partial charge in [0, 0.05) is 18.0 Å². The first kappa shape index (κ1) is 14.1. The van der Waals surface area contributed by atoms with Gasteiger partial charge < -0.3 is 5.11 Å². The number of thiophene rings is 1. The van der Waals surface area contributed by atoms with Crippen molar-refractivity contribution in [2.24, 2.45) is 0 Å². The maximum absolute atomic E-state index is 12.3. The Kier molecular flexibility index (Phi) is 3.69. The number of imidazole rings is 1. The van der Waals surface area contributed by atoms with Crippen molar-refractivity contribution in [2.75, 3.05) is 0 Å². The molecule has 0 bridgehead atoms. The van der Waals surface area contributed by atoms with Crippen LogP contribution in [0, 0.1) is 0 Å². The normalized spacial score (nSPS) is 12.9. The molecule has 0 aliphatic carbocycles. The van der Waals surface area contributed by atoms with E-state index in [1.54, 1.807) is 9.13 Å². The van der Waals surface area contributed by atoms with Gasteiger partial charge in [-0.2, -0.15) is 0 Å². The molecule has 0 fully saturated rings. The van der Waals surface area contributed by atoms with Gasteiger partial charge in [-0.15, -0.1) is 11.3 Å². The smallest absolute Gasteiger partial charge is 0.329 e. The van der Waals surface area contributed by atoms with Crippen LogP contribution in [0.25, 0.3) is 11.0 Å². The minimum absolute atomic E-state index is 0.0118. The monoisotopic (exact) mass is 302 g/mol. The summed E-state index contributed by atoms with van der Waals surface area (Å²) in [6, 6.07) is 9.61. The number of benzene rings is 1. The van der Waals surface area contributed by atoms with Gasteiger partial charge >= 0.3 is 5.69 Å². The van der Waals surface area contributed by atoms with Crippen molar-refractivity contribution in [3.05, 3.63) is 56.6 Å². The molecule has 21 heavy (non-hydrogen) atoms. The summed E-state index contributed by atoms with van der Waals surface area (Å²) < 4.78 is 3.52. The van der Waals surface area contributed by atoms with Gasteiger partial charge in [-0.3, -0.25) is 9.13 Å². The summed E-state index contributed by atoms with van der Waals surface area (Å²) in [6.45, 7) is 5.20. The van der Waals surface area contributed by atoms with Crippen molar-refractivity contribution in [3.63, 3.8) is 0 Å². The van der Waals surface area contributed by atoms with Gasteiger partial charge in [0.15, 0.2) is 0 Å². The number of aryl methyl sites for hydroxylation is 2. The van der Waals surface area contributed by atoms with Gasteiger partial charge in [0.2, 0.25) is 0 Å². The van der Waals surface area contributed by atoms with Crippen LogP contribution in [0.3, 0.4) is 0 Å². The lowest BCUT2D eigenvalue weighted by atomic mass is 10.1. The summed E-state index contributed by atoms with van der Waals surface area (Å²) >= 11 is 1.53. The Bertz CT molecular complexity index is 815. The first-order valence-corrected chi connectivity index (χ1v) is 7.99. The zero-order valence-corrected chi connectivity index (χ0v) is 12.9. The molecule has 0 saturated heterocycles. The van der Waals surface area contributed by atoms with Crippen molar-refractivity contribution in [1.29, 1.82) is 0 Å². The van der Waals surface area contributed by atoms with Crippen LogP contribution in [0.1, 0.15) is 30.4 Å². The summed E-state index contributed by atoms with van der Waals surface area (Å²) in [7, 11) is 0. The van der Waals surface area contributed by atoms with Crippen LogP contribution in [0.15, 0.2) is 40.5 Å². The van der Waals surface area contributed by atoms with E-state index in [0.717, 1.165) is 21.5 Å². The first-order chi connectivity index (χ1) is 10.2. The Morgan fingerprint density at radius 2 is 1.86 bits per heavy atom. The van der Waals surface area contributed by atoms with E-state index in [-0.39, 0.29) is 5.69 Å². The lowest BCUT2D eigenvalue weighted by Crippen LogP contribution is -2.23. The lowest BCUT2D eigenvalue weighted by Gasteiger charge is -2.10. The Morgan fingerprint density at radius 3 is 2.48 bits per heavy atom. The molecule has 0 aliphatic rings. The summed E-state index contributed by atoms with van der Waals surface area (Å²) in [5.41, 5.74) is 2.64. The molecular formula is C16H18N2O2S. The van der Waals surface area contributed by atoms with E-state index >= 15 is 0 Å². The van der Waals surface area contributed by atoms with E-state index in [1.807, 2.05) is 49.6 Å². The average molecular weight is 302 g/mol. The topological polar surface area (TPSA) is 47.2 Å². The van der Waals surface area contributed by atoms with Gasteiger partial charge in [-0.05, 0) is 43.0 Å². The molecule has 3 aromatic rings. The van der Waals surface area contributed by atoms with Crippen molar-refractivity contribution < 1.29 is 5.11 Å². The van der Waals surface area contributed by atoms with Gasteiger partial charge in [-0.1, -0.05) is 12.1 Å². The molecule has 0 aliphatic heterocycles. The molecule has 1 atom stereocenters. The quantitative estimate of drug-likeness (QED) is 0.805. The molecule has 2 heterocycles. The van der Waals surface area contributed by atoms with Crippen LogP contribution in [0.4, 0.5) is 0 Å². The fourth-order valence-corrected chi connectivity index (χ4v) is 3.47. The molecule has 0 spiro atoms. The number of rotatable bonds is 4. The van der Waals surface area contributed by atoms with E-state index in [1.165, 1.54) is 11.3 Å². The van der Waals surface area contributed by atoms with Gasteiger partial charge in [0.1, 0.15) is 6.10 Å². The van der Waals surface area contributed by atoms with Gasteiger partial charge in [0.25, 0.3) is 0 Å². The highest BCUT2D eigenvalue weighted by atomic mass is 32.1. The molecule has 0 amide bonds. The van der Waals surface area contributed by atoms with E-state index < -0.39 is 6.10 Å². The Hall–Kier alpha value is -1.85. The average Bonchev–Trinajstić information content (AvgIpc) is 3.11. The van der Waals surface area contributed by atoms with Crippen LogP contribution < -0.4 is 5.69 Å². The fourth-order valence-electron chi connectivity index (χ4n) is 2.73. The summed E-state index contributed by atoms with van der Waals surface area (Å²) in [5.74, 6) is 0. The second kappa shape index (κ2) is 5.50. The Morgan fingerprint density at radius 1 is 1.14 bits per heavy atom. The number of aliphatic hydroxyl groups excluding tert-OH is 1. The predicted molar refractivity (Wildman–Crippen MR) is 85.9 cm³/mol. The Balaban J connectivity index is 2.18. The number of nitrogens with zero attached hydrogens (tertiary/aromatic N) is 2. The number of fused-ring (bicyclic) bond motifs is 1. The van der Waals surface area contributed by atoms with Crippen molar-refractivity contribution >= 4 is 22.4 Å². The van der Waals surface area contributed by atoms with Crippen LogP contribution in [0.2, 0.25) is 0 Å². The molecule has 1 unspecified atom stereocenters. The third-order valence-corrected chi connectivity index (χ3v) is 4.73. The minimum atomic E-state index is -0.639. The van der Waals surface area contributed by atoms with Crippen LogP contribution in [-0.4, -0.2) is 14.2 Å². The van der Waals surface area contributed by atoms with Gasteiger partial charge in [0.05, 0.1) is 11.0 Å². The van der Waals surface area contributed by atoms with E-state index in [4.69, 9.17) is 0 Å². The second-order valence-electron chi connectivity index (χ2n) is 4.94. The molecular weight excluding hydrogens is 284 g/mol. The summed E-state index contributed by atoms with van der Waals surface area (Å²) in [6.07, 6.45) is -0.639. The number of hydrogen-bond donors (Lipinski definition) is 1. The maximum Gasteiger partial charge on any atom is 0.329 e. The molecule has 0 saturated carbocycles. The van der Waals surface area contributed by atoms with E-state index in [0.29, 0.717) is 13.1 Å². The molecule has 2 aromatic heterocycles. The van der Waals surface area contributed by atoms with E-state index in [9.17, 15) is 9.90 Å². The van der Waals surface area contributed by atoms with Crippen molar-refractivity contribution in [1.82, 2.24) is 9.13 Å². The Labute approximate surface area is 126 Å². The molecule has 5 heteroatoms. The van der Waals surface area contributed by atoms with Crippen LogP contribution in [0.5, 0.6) is 0 Å². The summed E-state index contributed by atoms with van der Waals surface area (Å²) in [4.78, 5) is 13.2. The third kappa shape index (κ3) is 2.22. The lowest BCUT2D eigenvalue weighted by molar-refractivity contribution is 0.224. The van der Waals surface area contributed by atoms with Crippen LogP contribution in [-0.2, 0) is 13.1 Å². The third-order valence-electron chi connectivity index (χ3n) is 3.80. The predicted octanol–water partition coefficient (Wildman–Crippen LogP) is 2.99. The standard InChI is InChI=1S/C16H18N2O2S/c1-3-17-12-8-7-11(15(19)14-6-5-9-21-14)10-13(12)18(4-2)16(17)20/h5-10,15,19H,3-4H2,1-2H3. The van der Waals surface area contributed by atoms with Crippen molar-refractivity contribution in [2.45, 2.75) is 33.0 Å². The van der Waals surface area contributed by atoms with Gasteiger partial charge in [-0.25, -0.2) is 4.79 Å². The van der Waals surface area contributed by atoms with Crippen molar-refractivity contribution in [3.8, 4) is 0 Å². The van der Waals surface area contributed by atoms with Crippen LogP contribution >= 0.6 is 11.3 Å². The SMILES string of the molecule is CCn1c(=O)n(CC)c2cc(C(O)c3cccs3)ccc21. The molecule has 4 nitrogen and oxygen atoms in total. The fraction of sp³-hybridized carbons (Fsp3) is 0.312. The number of aromatic nitrogens is 2. The van der Waals surface area contributed by atoms with E-state index in [2.05, 4.69) is 0 Å².